The van der Waals surface area contributed by atoms with E-state index in [0.29, 0.717) is 43.1 Å². The van der Waals surface area contributed by atoms with Crippen LogP contribution in [-0.4, -0.2) is 65.0 Å². The lowest BCUT2D eigenvalue weighted by Gasteiger charge is -2.23. The molecule has 8 heteroatoms. The summed E-state index contributed by atoms with van der Waals surface area (Å²) in [4.78, 5) is 33.2. The van der Waals surface area contributed by atoms with Crippen LogP contribution in [0.25, 0.3) is 0 Å². The molecule has 0 saturated carbocycles. The normalized spacial score (nSPS) is 15.4. The number of aromatic nitrogens is 1. The van der Waals surface area contributed by atoms with Crippen molar-refractivity contribution in [2.45, 2.75) is 19.1 Å². The summed E-state index contributed by atoms with van der Waals surface area (Å²) in [5.74, 6) is 0.844. The van der Waals surface area contributed by atoms with Gasteiger partial charge in [0.1, 0.15) is 5.82 Å². The van der Waals surface area contributed by atoms with Gasteiger partial charge in [-0.2, -0.15) is 0 Å². The zero-order valence-corrected chi connectivity index (χ0v) is 18.2. The minimum Gasteiger partial charge on any atom is -0.462 e. The van der Waals surface area contributed by atoms with Gasteiger partial charge in [0.25, 0.3) is 5.91 Å². The van der Waals surface area contributed by atoms with E-state index in [1.165, 1.54) is 6.20 Å². The molecular weight excluding hydrogens is 402 g/mol. The molecule has 0 aliphatic carbocycles. The molecule has 7 nitrogen and oxygen atoms in total. The van der Waals surface area contributed by atoms with Crippen molar-refractivity contribution in [1.29, 1.82) is 0 Å². The van der Waals surface area contributed by atoms with Gasteiger partial charge in [0.15, 0.2) is 0 Å². The fourth-order valence-electron chi connectivity index (χ4n) is 3.47. The number of hydrogen-bond donors (Lipinski definition) is 0. The van der Waals surface area contributed by atoms with Gasteiger partial charge in [0.05, 0.1) is 12.2 Å². The average Bonchev–Trinajstić information content (AvgIpc) is 2.99. The standard InChI is InChI=1S/C22H27N3O4S/c1-3-29-22(27)19-8-9-20(23-15-19)24-10-5-11-25(13-12-24)21(26)18-7-4-6-17(14-18)16-30(2)28/h4,6-9,14-15H,3,5,10-13,16H2,1-2H3. The maximum absolute atomic E-state index is 13.0. The molecule has 1 amide bonds. The smallest absolute Gasteiger partial charge is 0.339 e. The Labute approximate surface area is 179 Å². The SMILES string of the molecule is CCOC(=O)c1ccc(N2CCCN(C(=O)c3cccc(CS(C)=O)c3)CC2)nc1. The van der Waals surface area contributed by atoms with Crippen molar-refractivity contribution in [1.82, 2.24) is 9.88 Å². The third-order valence-electron chi connectivity index (χ3n) is 4.91. The van der Waals surface area contributed by atoms with E-state index < -0.39 is 10.8 Å². The maximum atomic E-state index is 13.0. The molecule has 1 unspecified atom stereocenters. The predicted octanol–water partition coefficient (Wildman–Crippen LogP) is 2.49. The lowest BCUT2D eigenvalue weighted by molar-refractivity contribution is 0.0525. The van der Waals surface area contributed by atoms with E-state index >= 15 is 0 Å². The Bertz CT molecular complexity index is 917. The van der Waals surface area contributed by atoms with E-state index in [-0.39, 0.29) is 11.9 Å². The molecule has 0 spiro atoms. The summed E-state index contributed by atoms with van der Waals surface area (Å²) in [7, 11) is -0.945. The summed E-state index contributed by atoms with van der Waals surface area (Å²) in [5, 5.41) is 0. The number of amides is 1. The van der Waals surface area contributed by atoms with Crippen molar-refractivity contribution < 1.29 is 18.5 Å². The van der Waals surface area contributed by atoms with E-state index in [9.17, 15) is 13.8 Å². The van der Waals surface area contributed by atoms with Crippen LogP contribution in [0.5, 0.6) is 0 Å². The van der Waals surface area contributed by atoms with Gasteiger partial charge in [0, 0.05) is 60.7 Å². The Kier molecular flexibility index (Phi) is 7.57. The van der Waals surface area contributed by atoms with E-state index in [4.69, 9.17) is 4.74 Å². The highest BCUT2D eigenvalue weighted by Crippen LogP contribution is 2.17. The topological polar surface area (TPSA) is 79.8 Å². The third kappa shape index (κ3) is 5.66. The highest BCUT2D eigenvalue weighted by atomic mass is 32.2. The number of benzene rings is 1. The molecule has 0 bridgehead atoms. The molecule has 3 rings (SSSR count). The number of anilines is 1. The highest BCUT2D eigenvalue weighted by Gasteiger charge is 2.21. The number of esters is 1. The number of nitrogens with zero attached hydrogens (tertiary/aromatic N) is 3. The Morgan fingerprint density at radius 1 is 1.10 bits per heavy atom. The van der Waals surface area contributed by atoms with Crippen molar-refractivity contribution in [3.63, 3.8) is 0 Å². The molecule has 0 N–H and O–H groups in total. The number of carbonyl (C=O) groups excluding carboxylic acids is 2. The van der Waals surface area contributed by atoms with E-state index in [0.717, 1.165) is 24.3 Å². The largest absolute Gasteiger partial charge is 0.462 e. The van der Waals surface area contributed by atoms with Crippen molar-refractivity contribution in [3.05, 3.63) is 59.3 Å². The maximum Gasteiger partial charge on any atom is 0.339 e. The third-order valence-corrected chi connectivity index (χ3v) is 5.65. The Balaban J connectivity index is 1.64. The summed E-state index contributed by atoms with van der Waals surface area (Å²) in [5.41, 5.74) is 1.97. The van der Waals surface area contributed by atoms with Gasteiger partial charge in [-0.1, -0.05) is 12.1 Å². The van der Waals surface area contributed by atoms with Crippen molar-refractivity contribution in [3.8, 4) is 0 Å². The molecular formula is C22H27N3O4S. The molecule has 1 aliphatic rings. The Morgan fingerprint density at radius 3 is 2.63 bits per heavy atom. The Hall–Kier alpha value is -2.74. The van der Waals surface area contributed by atoms with Crippen LogP contribution in [0.15, 0.2) is 42.6 Å². The molecule has 1 aliphatic heterocycles. The number of hydrogen-bond acceptors (Lipinski definition) is 6. The number of carbonyl (C=O) groups is 2. The van der Waals surface area contributed by atoms with Crippen LogP contribution in [-0.2, 0) is 21.3 Å². The van der Waals surface area contributed by atoms with Crippen molar-refractivity contribution in [2.75, 3.05) is 43.9 Å². The molecule has 2 aromatic rings. The van der Waals surface area contributed by atoms with Crippen LogP contribution in [0, 0.1) is 0 Å². The first-order valence-corrected chi connectivity index (χ1v) is 11.8. The fourth-order valence-corrected chi connectivity index (χ4v) is 4.12. The van der Waals surface area contributed by atoms with Gasteiger partial charge in [-0.3, -0.25) is 9.00 Å². The number of pyridine rings is 1. The monoisotopic (exact) mass is 429 g/mol. The average molecular weight is 430 g/mol. The second-order valence-electron chi connectivity index (χ2n) is 7.18. The molecule has 1 aromatic heterocycles. The highest BCUT2D eigenvalue weighted by molar-refractivity contribution is 7.83. The first kappa shape index (κ1) is 22.0. The second kappa shape index (κ2) is 10.3. The summed E-state index contributed by atoms with van der Waals surface area (Å²) < 4.78 is 16.5. The van der Waals surface area contributed by atoms with Gasteiger partial charge < -0.3 is 14.5 Å². The lowest BCUT2D eigenvalue weighted by atomic mass is 10.1. The molecule has 1 atom stereocenters. The number of rotatable bonds is 6. The van der Waals surface area contributed by atoms with Crippen LogP contribution in [0.3, 0.4) is 0 Å². The zero-order chi connectivity index (χ0) is 21.5. The van der Waals surface area contributed by atoms with Crippen LogP contribution in [0.4, 0.5) is 5.82 Å². The first-order chi connectivity index (χ1) is 14.5. The Morgan fingerprint density at radius 2 is 1.93 bits per heavy atom. The predicted molar refractivity (Wildman–Crippen MR) is 117 cm³/mol. The number of ether oxygens (including phenoxy) is 1. The van der Waals surface area contributed by atoms with Gasteiger partial charge in [-0.05, 0) is 43.2 Å². The molecule has 2 heterocycles. The minimum absolute atomic E-state index is 0.00814. The van der Waals surface area contributed by atoms with Crippen LogP contribution < -0.4 is 4.90 Å². The summed E-state index contributed by atoms with van der Waals surface area (Å²) in [6.07, 6.45) is 4.02. The van der Waals surface area contributed by atoms with E-state index in [2.05, 4.69) is 9.88 Å². The van der Waals surface area contributed by atoms with Crippen LogP contribution in [0.2, 0.25) is 0 Å². The zero-order valence-electron chi connectivity index (χ0n) is 17.4. The van der Waals surface area contributed by atoms with E-state index in [1.54, 1.807) is 19.2 Å². The fraction of sp³-hybridized carbons (Fsp3) is 0.409. The summed E-state index contributed by atoms with van der Waals surface area (Å²) in [6.45, 7) is 4.80. The van der Waals surface area contributed by atoms with E-state index in [1.807, 2.05) is 35.2 Å². The molecule has 1 fully saturated rings. The molecule has 160 valence electrons. The quantitative estimate of drug-likeness (QED) is 0.657. The van der Waals surface area contributed by atoms with Crippen LogP contribution in [0.1, 0.15) is 39.6 Å². The second-order valence-corrected chi connectivity index (χ2v) is 8.61. The van der Waals surface area contributed by atoms with Gasteiger partial charge in [0.2, 0.25) is 0 Å². The van der Waals surface area contributed by atoms with Gasteiger partial charge in [-0.25, -0.2) is 9.78 Å². The summed E-state index contributed by atoms with van der Waals surface area (Å²) in [6, 6.07) is 10.9. The molecule has 1 saturated heterocycles. The lowest BCUT2D eigenvalue weighted by Crippen LogP contribution is -2.35. The van der Waals surface area contributed by atoms with Crippen molar-refractivity contribution in [2.24, 2.45) is 0 Å². The first-order valence-electron chi connectivity index (χ1n) is 10.0. The molecule has 30 heavy (non-hydrogen) atoms. The van der Waals surface area contributed by atoms with Gasteiger partial charge >= 0.3 is 5.97 Å². The summed E-state index contributed by atoms with van der Waals surface area (Å²) >= 11 is 0. The molecule has 0 radical (unpaired) electrons. The van der Waals surface area contributed by atoms with Crippen molar-refractivity contribution >= 4 is 28.5 Å². The molecule has 1 aromatic carbocycles. The van der Waals surface area contributed by atoms with Gasteiger partial charge in [-0.15, -0.1) is 0 Å². The minimum atomic E-state index is -0.945. The van der Waals surface area contributed by atoms with Crippen LogP contribution >= 0.6 is 0 Å².